The highest BCUT2D eigenvalue weighted by atomic mass is 32.2. The maximum absolute atomic E-state index is 13.4. The predicted molar refractivity (Wildman–Crippen MR) is 130 cm³/mol. The number of rotatable bonds is 8. The molecule has 0 atom stereocenters. The van der Waals surface area contributed by atoms with Gasteiger partial charge in [0.05, 0.1) is 11.3 Å². The Hall–Kier alpha value is -2.67. The molecule has 0 bridgehead atoms. The summed E-state index contributed by atoms with van der Waals surface area (Å²) in [5.74, 6) is 1.88. The molecule has 0 spiro atoms. The van der Waals surface area contributed by atoms with Crippen LogP contribution in [0.25, 0.3) is 0 Å². The molecule has 1 saturated carbocycles. The monoisotopic (exact) mass is 468 g/mol. The second-order valence-corrected chi connectivity index (χ2v) is 9.61. The van der Waals surface area contributed by atoms with Gasteiger partial charge in [0.1, 0.15) is 0 Å². The number of fused-ring (bicyclic) bond motifs is 1. The lowest BCUT2D eigenvalue weighted by atomic mass is 9.94. The molecule has 2 aliphatic rings. The lowest BCUT2D eigenvalue weighted by molar-refractivity contribution is -0.129. The molecule has 0 radical (unpaired) electrons. The van der Waals surface area contributed by atoms with E-state index < -0.39 is 0 Å². The quantitative estimate of drug-likeness (QED) is 0.513. The fourth-order valence-corrected chi connectivity index (χ4v) is 5.41. The summed E-state index contributed by atoms with van der Waals surface area (Å²) in [6.45, 7) is 3.27. The molecule has 33 heavy (non-hydrogen) atoms. The molecule has 7 heteroatoms. The standard InChI is InChI=1S/C26H32N2O4S/c1-3-28(16-19-13-14-22-23(15-19)32-18-31-22)26(30)21-11-7-8-12-24(21)33-17-25(29)27(2)20-9-5-4-6-10-20/h7-8,11-15,20H,3-6,9-10,16-18H2,1-2H3. The van der Waals surface area contributed by atoms with Crippen LogP contribution in [0.1, 0.15) is 54.9 Å². The van der Waals surface area contributed by atoms with E-state index in [1.54, 1.807) is 0 Å². The van der Waals surface area contributed by atoms with Gasteiger partial charge in [0.25, 0.3) is 5.91 Å². The first-order valence-electron chi connectivity index (χ1n) is 11.7. The van der Waals surface area contributed by atoms with Crippen LogP contribution in [-0.4, -0.2) is 53.8 Å². The summed E-state index contributed by atoms with van der Waals surface area (Å²) in [5.41, 5.74) is 1.63. The van der Waals surface area contributed by atoms with Crippen molar-refractivity contribution in [3.05, 3.63) is 53.6 Å². The summed E-state index contributed by atoms with van der Waals surface area (Å²) in [6.07, 6.45) is 5.84. The Balaban J connectivity index is 1.41. The van der Waals surface area contributed by atoms with Crippen LogP contribution in [0.2, 0.25) is 0 Å². The van der Waals surface area contributed by atoms with Crippen LogP contribution in [0.4, 0.5) is 0 Å². The molecule has 2 aromatic carbocycles. The van der Waals surface area contributed by atoms with Gasteiger partial charge in [0.2, 0.25) is 12.7 Å². The first-order chi connectivity index (χ1) is 16.1. The number of nitrogens with zero attached hydrogens (tertiary/aromatic N) is 2. The number of benzene rings is 2. The van der Waals surface area contributed by atoms with Gasteiger partial charge in [0.15, 0.2) is 11.5 Å². The van der Waals surface area contributed by atoms with Gasteiger partial charge in [-0.15, -0.1) is 11.8 Å². The van der Waals surface area contributed by atoms with Crippen molar-refractivity contribution in [1.82, 2.24) is 9.80 Å². The van der Waals surface area contributed by atoms with E-state index >= 15 is 0 Å². The van der Waals surface area contributed by atoms with Crippen molar-refractivity contribution >= 4 is 23.6 Å². The molecule has 1 heterocycles. The number of amides is 2. The Kier molecular flexibility index (Phi) is 7.81. The van der Waals surface area contributed by atoms with E-state index in [0.29, 0.717) is 36.2 Å². The van der Waals surface area contributed by atoms with E-state index in [0.717, 1.165) is 29.1 Å². The van der Waals surface area contributed by atoms with Crippen molar-refractivity contribution in [2.75, 3.05) is 26.1 Å². The number of hydrogen-bond donors (Lipinski definition) is 0. The normalized spacial score (nSPS) is 15.3. The van der Waals surface area contributed by atoms with Gasteiger partial charge >= 0.3 is 0 Å². The highest BCUT2D eigenvalue weighted by Crippen LogP contribution is 2.33. The Morgan fingerprint density at radius 3 is 2.58 bits per heavy atom. The van der Waals surface area contributed by atoms with Crippen LogP contribution in [0.5, 0.6) is 11.5 Å². The highest BCUT2D eigenvalue weighted by molar-refractivity contribution is 8.00. The van der Waals surface area contributed by atoms with Crippen LogP contribution < -0.4 is 9.47 Å². The predicted octanol–water partition coefficient (Wildman–Crippen LogP) is 4.96. The van der Waals surface area contributed by atoms with E-state index in [-0.39, 0.29) is 18.6 Å². The Morgan fingerprint density at radius 1 is 1.03 bits per heavy atom. The van der Waals surface area contributed by atoms with E-state index in [2.05, 4.69) is 0 Å². The minimum absolute atomic E-state index is 0.0358. The van der Waals surface area contributed by atoms with Crippen molar-refractivity contribution in [2.45, 2.75) is 56.5 Å². The summed E-state index contributed by atoms with van der Waals surface area (Å²) in [5, 5.41) is 0. The first kappa shape index (κ1) is 23.5. The molecular weight excluding hydrogens is 436 g/mol. The molecular formula is C26H32N2O4S. The third-order valence-electron chi connectivity index (χ3n) is 6.46. The SMILES string of the molecule is CCN(Cc1ccc2c(c1)OCO2)C(=O)c1ccccc1SCC(=O)N(C)C1CCCCC1. The number of carbonyl (C=O) groups is 2. The van der Waals surface area contributed by atoms with Crippen molar-refractivity contribution in [1.29, 1.82) is 0 Å². The Morgan fingerprint density at radius 2 is 1.79 bits per heavy atom. The second-order valence-electron chi connectivity index (χ2n) is 8.59. The van der Waals surface area contributed by atoms with E-state index in [4.69, 9.17) is 9.47 Å². The fourth-order valence-electron chi connectivity index (χ4n) is 4.44. The Labute approximate surface area is 200 Å². The summed E-state index contributed by atoms with van der Waals surface area (Å²) < 4.78 is 10.9. The maximum atomic E-state index is 13.4. The molecule has 0 aromatic heterocycles. The molecule has 0 saturated heterocycles. The van der Waals surface area contributed by atoms with Gasteiger partial charge < -0.3 is 19.3 Å². The zero-order chi connectivity index (χ0) is 23.2. The lowest BCUT2D eigenvalue weighted by Gasteiger charge is -2.31. The van der Waals surface area contributed by atoms with Gasteiger partial charge in [-0.1, -0.05) is 37.5 Å². The fraction of sp³-hybridized carbons (Fsp3) is 0.462. The van der Waals surface area contributed by atoms with Crippen LogP contribution >= 0.6 is 11.8 Å². The molecule has 1 aliphatic heterocycles. The highest BCUT2D eigenvalue weighted by Gasteiger charge is 2.24. The smallest absolute Gasteiger partial charge is 0.255 e. The first-order valence-corrected chi connectivity index (χ1v) is 12.7. The van der Waals surface area contributed by atoms with E-state index in [1.807, 2.05) is 66.2 Å². The van der Waals surface area contributed by atoms with E-state index in [1.165, 1.54) is 31.0 Å². The molecule has 2 aromatic rings. The zero-order valence-electron chi connectivity index (χ0n) is 19.4. The molecule has 6 nitrogen and oxygen atoms in total. The second kappa shape index (κ2) is 11.0. The van der Waals surface area contributed by atoms with Gasteiger partial charge in [-0.2, -0.15) is 0 Å². The lowest BCUT2D eigenvalue weighted by Crippen LogP contribution is -2.39. The summed E-state index contributed by atoms with van der Waals surface area (Å²) in [4.78, 5) is 30.8. The molecule has 1 fully saturated rings. The molecule has 2 amide bonds. The average molecular weight is 469 g/mol. The van der Waals surface area contributed by atoms with Crippen LogP contribution in [0, 0.1) is 0 Å². The van der Waals surface area contributed by atoms with Gasteiger partial charge in [-0.3, -0.25) is 9.59 Å². The average Bonchev–Trinajstić information content (AvgIpc) is 3.33. The van der Waals surface area contributed by atoms with Crippen molar-refractivity contribution in [3.63, 3.8) is 0 Å². The van der Waals surface area contributed by atoms with Crippen LogP contribution in [0.3, 0.4) is 0 Å². The minimum Gasteiger partial charge on any atom is -0.454 e. The summed E-state index contributed by atoms with van der Waals surface area (Å²) in [6, 6.07) is 13.7. The van der Waals surface area contributed by atoms with Gasteiger partial charge in [-0.05, 0) is 49.6 Å². The number of ether oxygens (including phenoxy) is 2. The Bertz CT molecular complexity index is 990. The maximum Gasteiger partial charge on any atom is 0.255 e. The molecule has 4 rings (SSSR count). The third-order valence-corrected chi connectivity index (χ3v) is 7.52. The van der Waals surface area contributed by atoms with Gasteiger partial charge in [-0.25, -0.2) is 0 Å². The van der Waals surface area contributed by atoms with Crippen LogP contribution in [-0.2, 0) is 11.3 Å². The zero-order valence-corrected chi connectivity index (χ0v) is 20.2. The molecule has 0 N–H and O–H groups in total. The van der Waals surface area contributed by atoms with Crippen molar-refractivity contribution in [3.8, 4) is 11.5 Å². The summed E-state index contributed by atoms with van der Waals surface area (Å²) >= 11 is 1.45. The van der Waals surface area contributed by atoms with Crippen LogP contribution in [0.15, 0.2) is 47.4 Å². The molecule has 0 unspecified atom stereocenters. The molecule has 176 valence electrons. The number of carbonyl (C=O) groups excluding carboxylic acids is 2. The van der Waals surface area contributed by atoms with E-state index in [9.17, 15) is 9.59 Å². The topological polar surface area (TPSA) is 59.1 Å². The summed E-state index contributed by atoms with van der Waals surface area (Å²) in [7, 11) is 1.92. The van der Waals surface area contributed by atoms with Gasteiger partial charge in [0, 0.05) is 31.1 Å². The number of hydrogen-bond acceptors (Lipinski definition) is 5. The molecule has 1 aliphatic carbocycles. The van der Waals surface area contributed by atoms with Crippen molar-refractivity contribution in [2.24, 2.45) is 0 Å². The van der Waals surface area contributed by atoms with Crippen molar-refractivity contribution < 1.29 is 19.1 Å². The minimum atomic E-state index is -0.0358. The number of thioether (sulfide) groups is 1. The third kappa shape index (κ3) is 5.64. The largest absolute Gasteiger partial charge is 0.454 e.